The Hall–Kier alpha value is -0.920. The van der Waals surface area contributed by atoms with Gasteiger partial charge in [0, 0.05) is 59.4 Å². The van der Waals surface area contributed by atoms with Gasteiger partial charge in [0.1, 0.15) is 0 Å². The van der Waals surface area contributed by atoms with E-state index in [2.05, 4.69) is 38.0 Å². The normalized spacial score (nSPS) is 28.1. The molecule has 4 unspecified atom stereocenters. The van der Waals surface area contributed by atoms with Gasteiger partial charge in [0.2, 0.25) is 0 Å². The van der Waals surface area contributed by atoms with Crippen LogP contribution in [-0.2, 0) is 17.3 Å². The van der Waals surface area contributed by atoms with Crippen LogP contribution in [0.4, 0.5) is 0 Å². The van der Waals surface area contributed by atoms with Gasteiger partial charge in [-0.1, -0.05) is 19.4 Å². The SMILES string of the molecule is CCS(=O)C1CCCC(NC(=NC)NCC2CCCN(Cc3cccs3)C2)C1. The first-order chi connectivity index (χ1) is 13.7. The maximum Gasteiger partial charge on any atom is 0.191 e. The first kappa shape index (κ1) is 21.8. The van der Waals surface area contributed by atoms with Crippen LogP contribution < -0.4 is 10.6 Å². The molecule has 0 spiro atoms. The minimum atomic E-state index is -0.681. The van der Waals surface area contributed by atoms with Gasteiger partial charge in [-0.2, -0.15) is 0 Å². The second kappa shape index (κ2) is 11.3. The molecule has 1 aliphatic carbocycles. The minimum absolute atomic E-state index is 0.346. The third-order valence-corrected chi connectivity index (χ3v) is 8.57. The molecule has 5 nitrogen and oxygen atoms in total. The summed E-state index contributed by atoms with van der Waals surface area (Å²) in [6.07, 6.45) is 6.97. The van der Waals surface area contributed by atoms with Crippen LogP contribution in [0.3, 0.4) is 0 Å². The van der Waals surface area contributed by atoms with Crippen molar-refractivity contribution in [3.8, 4) is 0 Å². The van der Waals surface area contributed by atoms with E-state index in [1.54, 1.807) is 0 Å². The lowest BCUT2D eigenvalue weighted by Crippen LogP contribution is -2.49. The zero-order chi connectivity index (χ0) is 19.8. The monoisotopic (exact) mass is 424 g/mol. The molecule has 2 aliphatic rings. The lowest BCUT2D eigenvalue weighted by atomic mass is 9.95. The zero-order valence-corrected chi connectivity index (χ0v) is 19.0. The first-order valence-corrected chi connectivity index (χ1v) is 13.0. The molecule has 7 heteroatoms. The van der Waals surface area contributed by atoms with Gasteiger partial charge >= 0.3 is 0 Å². The molecule has 2 heterocycles. The molecular weight excluding hydrogens is 388 g/mol. The number of guanidine groups is 1. The van der Waals surface area contributed by atoms with E-state index in [9.17, 15) is 4.21 Å². The van der Waals surface area contributed by atoms with Crippen molar-refractivity contribution in [1.29, 1.82) is 0 Å². The number of hydrogen-bond donors (Lipinski definition) is 2. The number of piperidine rings is 1. The Labute approximate surface area is 176 Å². The topological polar surface area (TPSA) is 56.7 Å². The molecule has 0 radical (unpaired) electrons. The molecule has 1 aliphatic heterocycles. The van der Waals surface area contributed by atoms with Crippen molar-refractivity contribution in [1.82, 2.24) is 15.5 Å². The number of nitrogens with one attached hydrogen (secondary N) is 2. The average Bonchev–Trinajstić information content (AvgIpc) is 3.24. The highest BCUT2D eigenvalue weighted by molar-refractivity contribution is 7.85. The van der Waals surface area contributed by atoms with Gasteiger partial charge in [-0.3, -0.25) is 14.1 Å². The van der Waals surface area contributed by atoms with E-state index in [1.807, 2.05) is 25.3 Å². The van der Waals surface area contributed by atoms with E-state index in [4.69, 9.17) is 0 Å². The molecule has 0 aromatic carbocycles. The van der Waals surface area contributed by atoms with E-state index in [0.717, 1.165) is 57.0 Å². The van der Waals surface area contributed by atoms with E-state index >= 15 is 0 Å². The van der Waals surface area contributed by atoms with Gasteiger partial charge in [0.25, 0.3) is 0 Å². The second-order valence-electron chi connectivity index (χ2n) is 8.08. The zero-order valence-electron chi connectivity index (χ0n) is 17.4. The van der Waals surface area contributed by atoms with Crippen LogP contribution >= 0.6 is 11.3 Å². The van der Waals surface area contributed by atoms with Gasteiger partial charge in [-0.15, -0.1) is 11.3 Å². The van der Waals surface area contributed by atoms with Crippen LogP contribution in [0.15, 0.2) is 22.5 Å². The smallest absolute Gasteiger partial charge is 0.191 e. The van der Waals surface area contributed by atoms with Crippen molar-refractivity contribution in [2.24, 2.45) is 10.9 Å². The van der Waals surface area contributed by atoms with Crippen molar-refractivity contribution in [3.63, 3.8) is 0 Å². The summed E-state index contributed by atoms with van der Waals surface area (Å²) in [7, 11) is 1.17. The summed E-state index contributed by atoms with van der Waals surface area (Å²) in [6, 6.07) is 4.77. The minimum Gasteiger partial charge on any atom is -0.356 e. The Kier molecular flexibility index (Phi) is 8.80. The van der Waals surface area contributed by atoms with E-state index in [1.165, 1.54) is 24.3 Å². The molecule has 1 saturated heterocycles. The predicted molar refractivity (Wildman–Crippen MR) is 122 cm³/mol. The fourth-order valence-corrected chi connectivity index (χ4v) is 6.56. The Balaban J connectivity index is 1.42. The van der Waals surface area contributed by atoms with Crippen molar-refractivity contribution in [2.75, 3.05) is 32.4 Å². The highest BCUT2D eigenvalue weighted by Crippen LogP contribution is 2.23. The Morgan fingerprint density at radius 3 is 3.00 bits per heavy atom. The molecule has 2 N–H and O–H groups in total. The fraction of sp³-hybridized carbons (Fsp3) is 0.762. The molecule has 28 heavy (non-hydrogen) atoms. The first-order valence-electron chi connectivity index (χ1n) is 10.8. The van der Waals surface area contributed by atoms with Gasteiger partial charge in [-0.25, -0.2) is 0 Å². The maximum atomic E-state index is 12.2. The van der Waals surface area contributed by atoms with Crippen molar-refractivity contribution in [2.45, 2.75) is 63.3 Å². The predicted octanol–water partition coefficient (Wildman–Crippen LogP) is 3.20. The van der Waals surface area contributed by atoms with Crippen molar-refractivity contribution in [3.05, 3.63) is 22.4 Å². The molecule has 1 aromatic heterocycles. The summed E-state index contributed by atoms with van der Waals surface area (Å²) in [5, 5.41) is 9.67. The number of rotatable bonds is 7. The van der Waals surface area contributed by atoms with Gasteiger partial charge in [-0.05, 0) is 56.0 Å². The van der Waals surface area contributed by atoms with Crippen LogP contribution in [0.25, 0.3) is 0 Å². The number of nitrogens with zero attached hydrogens (tertiary/aromatic N) is 2. The standard InChI is InChI=1S/C21H36N4OS2/c1-3-28(26)20-10-4-8-18(13-20)24-21(22-2)23-14-17-7-5-11-25(15-17)16-19-9-6-12-27-19/h6,9,12,17-18,20H,3-5,7-8,10-11,13-16H2,1-2H3,(H2,22,23,24). The van der Waals surface area contributed by atoms with Gasteiger partial charge in [0.15, 0.2) is 5.96 Å². The van der Waals surface area contributed by atoms with Crippen molar-refractivity contribution < 1.29 is 4.21 Å². The molecule has 4 atom stereocenters. The number of likely N-dealkylation sites (tertiary alicyclic amines) is 1. The Morgan fingerprint density at radius 2 is 2.25 bits per heavy atom. The van der Waals surface area contributed by atoms with Gasteiger partial charge < -0.3 is 10.6 Å². The van der Waals surface area contributed by atoms with Crippen LogP contribution in [0.2, 0.25) is 0 Å². The van der Waals surface area contributed by atoms with Crippen molar-refractivity contribution >= 4 is 28.1 Å². The lowest BCUT2D eigenvalue weighted by molar-refractivity contribution is 0.169. The molecule has 0 bridgehead atoms. The largest absolute Gasteiger partial charge is 0.356 e. The van der Waals surface area contributed by atoms with Crippen LogP contribution in [-0.4, -0.2) is 58.8 Å². The average molecular weight is 425 g/mol. The summed E-state index contributed by atoms with van der Waals surface area (Å²) in [5.74, 6) is 2.34. The van der Waals surface area contributed by atoms with E-state index < -0.39 is 10.8 Å². The molecule has 0 amide bonds. The number of thiophene rings is 1. The summed E-state index contributed by atoms with van der Waals surface area (Å²) in [5.41, 5.74) is 0. The highest BCUT2D eigenvalue weighted by Gasteiger charge is 2.26. The highest BCUT2D eigenvalue weighted by atomic mass is 32.2. The lowest BCUT2D eigenvalue weighted by Gasteiger charge is -2.33. The molecule has 3 rings (SSSR count). The summed E-state index contributed by atoms with van der Waals surface area (Å²) >= 11 is 1.85. The Morgan fingerprint density at radius 1 is 1.36 bits per heavy atom. The molecule has 1 aromatic rings. The summed E-state index contributed by atoms with van der Waals surface area (Å²) < 4.78 is 12.2. The number of aliphatic imine (C=N–C) groups is 1. The second-order valence-corrected chi connectivity index (χ2v) is 11.1. The van der Waals surface area contributed by atoms with Crippen LogP contribution in [0, 0.1) is 5.92 Å². The molecule has 2 fully saturated rings. The quantitative estimate of drug-likeness (QED) is 0.521. The summed E-state index contributed by atoms with van der Waals surface area (Å²) in [4.78, 5) is 8.49. The third-order valence-electron chi connectivity index (χ3n) is 5.97. The third kappa shape index (κ3) is 6.56. The molecule has 1 saturated carbocycles. The number of hydrogen-bond acceptors (Lipinski definition) is 4. The molecular formula is C21H36N4OS2. The maximum absolute atomic E-state index is 12.2. The summed E-state index contributed by atoms with van der Waals surface area (Å²) in [6.45, 7) is 6.44. The van der Waals surface area contributed by atoms with E-state index in [-0.39, 0.29) is 0 Å². The van der Waals surface area contributed by atoms with Crippen LogP contribution in [0.5, 0.6) is 0 Å². The molecule has 158 valence electrons. The Bertz CT molecular complexity index is 634. The van der Waals surface area contributed by atoms with Crippen LogP contribution in [0.1, 0.15) is 50.3 Å². The van der Waals surface area contributed by atoms with Gasteiger partial charge in [0.05, 0.1) is 0 Å². The van der Waals surface area contributed by atoms with E-state index in [0.29, 0.717) is 17.2 Å². The fourth-order valence-electron chi connectivity index (χ4n) is 4.46.